The monoisotopic (exact) mass is 649 g/mol. The van der Waals surface area contributed by atoms with Crippen molar-refractivity contribution < 1.29 is 41.4 Å². The van der Waals surface area contributed by atoms with E-state index in [1.807, 2.05) is 0 Å². The number of nitrogens with one attached hydrogen (secondary N) is 1. The van der Waals surface area contributed by atoms with Crippen LogP contribution in [0.2, 0.25) is 5.02 Å². The topological polar surface area (TPSA) is 75.6 Å². The van der Waals surface area contributed by atoms with Gasteiger partial charge in [0.2, 0.25) is 0 Å². The van der Waals surface area contributed by atoms with E-state index in [4.69, 9.17) is 16.3 Å². The van der Waals surface area contributed by atoms with Gasteiger partial charge in [0.1, 0.15) is 12.2 Å². The Bertz CT molecular complexity index is 1570. The van der Waals surface area contributed by atoms with Crippen LogP contribution in [-0.2, 0) is 16.1 Å². The van der Waals surface area contributed by atoms with Crippen LogP contribution < -0.4 is 5.32 Å². The minimum atomic E-state index is -5.90. The number of amides is 1. The molecule has 0 spiro atoms. The van der Waals surface area contributed by atoms with E-state index in [1.54, 1.807) is 54.6 Å². The molecule has 0 radical (unpaired) electrons. The zero-order valence-electron chi connectivity index (χ0n) is 24.5. The highest BCUT2D eigenvalue weighted by atomic mass is 35.5. The second kappa shape index (κ2) is 11.2. The SMILES string of the molecule is C[C@]12C[C@H](c3ccc(COC(=O)Nc4ccc(Cl)cc4)cc3)C3=C4CCC(=O)C=C4CC[C@H]3[C@@H]1CC[C@@]2(O)C(F)(F)C(F)(F)F. The Hall–Kier alpha value is -3.24. The summed E-state index contributed by atoms with van der Waals surface area (Å²) in [5.74, 6) is -6.68. The molecule has 2 aromatic carbocycles. The van der Waals surface area contributed by atoms with Crippen LogP contribution in [0, 0.1) is 17.3 Å². The summed E-state index contributed by atoms with van der Waals surface area (Å²) >= 11 is 5.87. The van der Waals surface area contributed by atoms with Crippen LogP contribution >= 0.6 is 11.6 Å². The fourth-order valence-electron chi connectivity index (χ4n) is 8.40. The molecule has 0 unspecified atom stereocenters. The minimum absolute atomic E-state index is 0.0227. The highest BCUT2D eigenvalue weighted by Crippen LogP contribution is 2.70. The van der Waals surface area contributed by atoms with E-state index in [0.717, 1.165) is 16.7 Å². The van der Waals surface area contributed by atoms with E-state index < -0.39 is 47.5 Å². The summed E-state index contributed by atoms with van der Waals surface area (Å²) in [5.41, 5.74) is -0.222. The number of carbonyl (C=O) groups excluding carboxylic acids is 2. The van der Waals surface area contributed by atoms with Crippen molar-refractivity contribution in [2.45, 2.75) is 82.1 Å². The molecule has 0 aliphatic heterocycles. The third-order valence-corrected chi connectivity index (χ3v) is 10.9. The van der Waals surface area contributed by atoms with Crippen molar-refractivity contribution in [3.8, 4) is 0 Å². The summed E-state index contributed by atoms with van der Waals surface area (Å²) in [7, 11) is 0. The Morgan fingerprint density at radius 1 is 1.02 bits per heavy atom. The molecule has 5 nitrogen and oxygen atoms in total. The Morgan fingerprint density at radius 2 is 1.71 bits per heavy atom. The van der Waals surface area contributed by atoms with Crippen molar-refractivity contribution in [1.29, 1.82) is 0 Å². The summed E-state index contributed by atoms with van der Waals surface area (Å²) in [6.45, 7) is 1.34. The first kappa shape index (κ1) is 31.7. The van der Waals surface area contributed by atoms with Crippen LogP contribution in [-0.4, -0.2) is 34.7 Å². The molecule has 2 saturated carbocycles. The van der Waals surface area contributed by atoms with Crippen molar-refractivity contribution in [1.82, 2.24) is 0 Å². The van der Waals surface area contributed by atoms with Crippen LogP contribution in [0.5, 0.6) is 0 Å². The summed E-state index contributed by atoms with van der Waals surface area (Å²) in [6.07, 6.45) is -3.78. The van der Waals surface area contributed by atoms with Crippen LogP contribution in [0.3, 0.4) is 0 Å². The van der Waals surface area contributed by atoms with Gasteiger partial charge in [0.05, 0.1) is 0 Å². The Balaban J connectivity index is 1.31. The number of hydrogen-bond donors (Lipinski definition) is 2. The molecular formula is C34H33ClF5NO4. The molecule has 2 fully saturated rings. The molecule has 0 bridgehead atoms. The Morgan fingerprint density at radius 3 is 2.38 bits per heavy atom. The van der Waals surface area contributed by atoms with Crippen molar-refractivity contribution in [3.05, 3.63) is 87.5 Å². The number of hydrogen-bond acceptors (Lipinski definition) is 4. The first-order valence-corrected chi connectivity index (χ1v) is 15.4. The van der Waals surface area contributed by atoms with Gasteiger partial charge in [-0.25, -0.2) is 4.79 Å². The molecule has 0 saturated heterocycles. The zero-order valence-corrected chi connectivity index (χ0v) is 25.3. The molecule has 240 valence electrons. The zero-order chi connectivity index (χ0) is 32.4. The molecule has 4 aliphatic rings. The lowest BCUT2D eigenvalue weighted by molar-refractivity contribution is -0.362. The number of allylic oxidation sites excluding steroid dienone is 4. The second-order valence-corrected chi connectivity index (χ2v) is 13.4. The first-order chi connectivity index (χ1) is 21.1. The number of benzene rings is 2. The number of ketones is 1. The van der Waals surface area contributed by atoms with Gasteiger partial charge in [0.15, 0.2) is 5.78 Å². The number of aliphatic hydroxyl groups is 1. The van der Waals surface area contributed by atoms with Gasteiger partial charge in [-0.2, -0.15) is 22.0 Å². The Kier molecular flexibility index (Phi) is 7.92. The molecule has 1 amide bonds. The smallest absolute Gasteiger partial charge is 0.444 e. The molecular weight excluding hydrogens is 617 g/mol. The van der Waals surface area contributed by atoms with E-state index in [1.165, 1.54) is 6.92 Å². The number of ether oxygens (including phenoxy) is 1. The fraction of sp³-hybridized carbons (Fsp3) is 0.471. The molecule has 5 atom stereocenters. The summed E-state index contributed by atoms with van der Waals surface area (Å²) in [6, 6.07) is 13.5. The maximum atomic E-state index is 15.2. The van der Waals surface area contributed by atoms with Crippen LogP contribution in [0.15, 0.2) is 71.3 Å². The molecule has 0 aromatic heterocycles. The van der Waals surface area contributed by atoms with Gasteiger partial charge in [-0.3, -0.25) is 10.1 Å². The van der Waals surface area contributed by atoms with Crippen LogP contribution in [0.1, 0.15) is 68.9 Å². The molecule has 45 heavy (non-hydrogen) atoms. The Labute approximate surface area is 262 Å². The van der Waals surface area contributed by atoms with Gasteiger partial charge in [-0.05, 0) is 103 Å². The lowest BCUT2D eigenvalue weighted by atomic mass is 9.50. The van der Waals surface area contributed by atoms with Gasteiger partial charge in [0, 0.05) is 28.5 Å². The fourth-order valence-corrected chi connectivity index (χ4v) is 8.52. The summed E-state index contributed by atoms with van der Waals surface area (Å²) in [4.78, 5) is 24.5. The van der Waals surface area contributed by atoms with Crippen LogP contribution in [0.4, 0.5) is 32.4 Å². The molecule has 0 heterocycles. The minimum Gasteiger partial charge on any atom is -0.444 e. The van der Waals surface area contributed by atoms with Gasteiger partial charge in [0.25, 0.3) is 0 Å². The first-order valence-electron chi connectivity index (χ1n) is 15.1. The predicted molar refractivity (Wildman–Crippen MR) is 158 cm³/mol. The third-order valence-electron chi connectivity index (χ3n) is 10.6. The summed E-state index contributed by atoms with van der Waals surface area (Å²) in [5, 5.41) is 14.5. The van der Waals surface area contributed by atoms with E-state index in [9.17, 15) is 27.9 Å². The summed E-state index contributed by atoms with van der Waals surface area (Å²) < 4.78 is 77.0. The normalized spacial score (nSPS) is 29.8. The number of rotatable bonds is 5. The lowest BCUT2D eigenvalue weighted by Gasteiger charge is -2.56. The van der Waals surface area contributed by atoms with Gasteiger partial charge >= 0.3 is 18.2 Å². The molecule has 4 aliphatic carbocycles. The largest absolute Gasteiger partial charge is 0.456 e. The highest BCUT2D eigenvalue weighted by molar-refractivity contribution is 6.30. The van der Waals surface area contributed by atoms with E-state index in [2.05, 4.69) is 5.32 Å². The third kappa shape index (κ3) is 5.27. The van der Waals surface area contributed by atoms with Gasteiger partial charge < -0.3 is 9.84 Å². The average Bonchev–Trinajstić information content (AvgIpc) is 3.27. The highest BCUT2D eigenvalue weighted by Gasteiger charge is 2.79. The second-order valence-electron chi connectivity index (χ2n) is 12.9. The number of halogens is 6. The molecule has 2 aromatic rings. The van der Waals surface area contributed by atoms with Crippen molar-refractivity contribution in [2.75, 3.05) is 5.32 Å². The lowest BCUT2D eigenvalue weighted by Crippen LogP contribution is -2.65. The predicted octanol–water partition coefficient (Wildman–Crippen LogP) is 8.92. The molecule has 6 rings (SSSR count). The molecule has 11 heteroatoms. The maximum Gasteiger partial charge on any atom is 0.456 e. The molecule has 2 N–H and O–H groups in total. The number of fused-ring (bicyclic) bond motifs is 4. The number of anilines is 1. The van der Waals surface area contributed by atoms with Crippen molar-refractivity contribution >= 4 is 29.2 Å². The standard InChI is InChI=1S/C34H33ClF5NO4/c1-31-17-27(20-4-2-19(3-5-20)18-45-30(43)41-23-9-7-22(35)8-10-23)29-25-13-11-24(42)16-21(25)6-12-26(29)28(31)14-15-32(31,44)33(36,37)34(38,39)40/h2-5,7-10,16,26-28,44H,6,11-15,17-18H2,1H3,(H,41,43)/t26-,27+,28-,31-,32-/m0/s1. The maximum absolute atomic E-state index is 15.2. The van der Waals surface area contributed by atoms with Gasteiger partial charge in [-0.1, -0.05) is 48.4 Å². The van der Waals surface area contributed by atoms with Gasteiger partial charge in [-0.15, -0.1) is 0 Å². The quantitative estimate of drug-likeness (QED) is 0.317. The van der Waals surface area contributed by atoms with Crippen LogP contribution in [0.25, 0.3) is 0 Å². The number of alkyl halides is 5. The van der Waals surface area contributed by atoms with E-state index in [-0.39, 0.29) is 31.1 Å². The van der Waals surface area contributed by atoms with E-state index >= 15 is 8.78 Å². The van der Waals surface area contributed by atoms with Crippen molar-refractivity contribution in [2.24, 2.45) is 17.3 Å². The van der Waals surface area contributed by atoms with Crippen molar-refractivity contribution in [3.63, 3.8) is 0 Å². The van der Waals surface area contributed by atoms with E-state index in [0.29, 0.717) is 47.5 Å². The average molecular weight is 650 g/mol. The number of carbonyl (C=O) groups is 2.